The molecule has 0 radical (unpaired) electrons. The van der Waals surface area contributed by atoms with Crippen LogP contribution in [0.15, 0.2) is 48.5 Å². The number of benzene rings is 2. The molecular formula is C19H21ClN4O3. The number of nitrogens with one attached hydrogen (secondary N) is 2. The first-order valence-corrected chi connectivity index (χ1v) is 9.20. The lowest BCUT2D eigenvalue weighted by molar-refractivity contribution is -0.384. The largest absolute Gasteiger partial charge is 0.336 e. The van der Waals surface area contributed by atoms with E-state index in [9.17, 15) is 14.9 Å². The number of anilines is 1. The number of nitro benzene ring substituents is 1. The SMILES string of the molecule is O=C(NC[C@@H](c1ccccc1Cl)N1CCCC1)Nc1cccc([N+](=O)[O-])c1. The molecule has 2 N–H and O–H groups in total. The molecule has 1 heterocycles. The summed E-state index contributed by atoms with van der Waals surface area (Å²) in [5.41, 5.74) is 1.28. The summed E-state index contributed by atoms with van der Waals surface area (Å²) in [6.45, 7) is 2.32. The minimum atomic E-state index is -0.496. The molecule has 2 aromatic carbocycles. The lowest BCUT2D eigenvalue weighted by Gasteiger charge is -2.29. The van der Waals surface area contributed by atoms with Crippen molar-refractivity contribution in [3.05, 3.63) is 69.2 Å². The van der Waals surface area contributed by atoms with Gasteiger partial charge in [-0.1, -0.05) is 35.9 Å². The van der Waals surface area contributed by atoms with E-state index in [0.717, 1.165) is 31.5 Å². The maximum absolute atomic E-state index is 12.3. The molecule has 0 bridgehead atoms. The Morgan fingerprint density at radius 2 is 1.93 bits per heavy atom. The van der Waals surface area contributed by atoms with Gasteiger partial charge in [0, 0.05) is 29.4 Å². The standard InChI is InChI=1S/C19H21ClN4O3/c20-17-9-2-1-8-16(17)18(23-10-3-4-11-23)13-21-19(25)22-14-6-5-7-15(12-14)24(26)27/h1-2,5-9,12,18H,3-4,10-11,13H2,(H2,21,22,25)/t18-/m0/s1. The van der Waals surface area contributed by atoms with Gasteiger partial charge in [-0.2, -0.15) is 0 Å². The zero-order valence-corrected chi connectivity index (χ0v) is 15.5. The van der Waals surface area contributed by atoms with Crippen LogP contribution in [-0.2, 0) is 0 Å². The minimum Gasteiger partial charge on any atom is -0.336 e. The van der Waals surface area contributed by atoms with Crippen LogP contribution in [0.5, 0.6) is 0 Å². The van der Waals surface area contributed by atoms with Crippen molar-refractivity contribution in [3.63, 3.8) is 0 Å². The molecule has 2 aromatic rings. The maximum atomic E-state index is 12.3. The summed E-state index contributed by atoms with van der Waals surface area (Å²) in [4.78, 5) is 25.0. The number of amides is 2. The summed E-state index contributed by atoms with van der Waals surface area (Å²) >= 11 is 6.37. The fraction of sp³-hybridized carbons (Fsp3) is 0.316. The quantitative estimate of drug-likeness (QED) is 0.573. The Kier molecular flexibility index (Phi) is 6.26. The highest BCUT2D eigenvalue weighted by Crippen LogP contribution is 2.29. The molecule has 0 aromatic heterocycles. The van der Waals surface area contributed by atoms with Crippen LogP contribution in [0.4, 0.5) is 16.2 Å². The van der Waals surface area contributed by atoms with Crippen molar-refractivity contribution in [2.45, 2.75) is 18.9 Å². The van der Waals surface area contributed by atoms with E-state index < -0.39 is 11.0 Å². The van der Waals surface area contributed by atoms with Crippen LogP contribution in [0.25, 0.3) is 0 Å². The highest BCUT2D eigenvalue weighted by atomic mass is 35.5. The van der Waals surface area contributed by atoms with E-state index in [0.29, 0.717) is 17.3 Å². The van der Waals surface area contributed by atoms with E-state index in [1.54, 1.807) is 6.07 Å². The van der Waals surface area contributed by atoms with Gasteiger partial charge in [0.2, 0.25) is 0 Å². The molecule has 1 aliphatic heterocycles. The molecule has 1 atom stereocenters. The van der Waals surface area contributed by atoms with Gasteiger partial charge >= 0.3 is 6.03 Å². The third-order valence-electron chi connectivity index (χ3n) is 4.62. The molecule has 0 unspecified atom stereocenters. The summed E-state index contributed by atoms with van der Waals surface area (Å²) in [7, 11) is 0. The maximum Gasteiger partial charge on any atom is 0.319 e. The van der Waals surface area contributed by atoms with Gasteiger partial charge in [0.05, 0.1) is 11.0 Å². The van der Waals surface area contributed by atoms with Crippen molar-refractivity contribution < 1.29 is 9.72 Å². The molecule has 8 heteroatoms. The number of non-ortho nitro benzene ring substituents is 1. The monoisotopic (exact) mass is 388 g/mol. The Balaban J connectivity index is 1.66. The number of nitro groups is 1. The number of nitrogens with zero attached hydrogens (tertiary/aromatic N) is 2. The predicted octanol–water partition coefficient (Wildman–Crippen LogP) is 4.21. The van der Waals surface area contributed by atoms with Crippen molar-refractivity contribution in [2.75, 3.05) is 25.0 Å². The van der Waals surface area contributed by atoms with Crippen LogP contribution in [-0.4, -0.2) is 35.5 Å². The van der Waals surface area contributed by atoms with Crippen LogP contribution in [0.3, 0.4) is 0 Å². The number of rotatable bonds is 6. The van der Waals surface area contributed by atoms with Gasteiger partial charge in [0.25, 0.3) is 5.69 Å². The van der Waals surface area contributed by atoms with Crippen molar-refractivity contribution in [1.29, 1.82) is 0 Å². The van der Waals surface area contributed by atoms with Crippen LogP contribution >= 0.6 is 11.6 Å². The molecule has 0 aliphatic carbocycles. The van der Waals surface area contributed by atoms with E-state index in [-0.39, 0.29) is 11.7 Å². The Morgan fingerprint density at radius 1 is 1.19 bits per heavy atom. The fourth-order valence-corrected chi connectivity index (χ4v) is 3.56. The van der Waals surface area contributed by atoms with Gasteiger partial charge < -0.3 is 10.6 Å². The Labute approximate surface area is 162 Å². The molecule has 0 spiro atoms. The lowest BCUT2D eigenvalue weighted by atomic mass is 10.1. The van der Waals surface area contributed by atoms with Gasteiger partial charge in [-0.3, -0.25) is 15.0 Å². The number of urea groups is 1. The summed E-state index contributed by atoms with van der Waals surface area (Å²) in [6.07, 6.45) is 2.25. The number of carbonyl (C=O) groups excluding carboxylic acids is 1. The zero-order chi connectivity index (χ0) is 19.2. The van der Waals surface area contributed by atoms with Gasteiger partial charge in [-0.15, -0.1) is 0 Å². The van der Waals surface area contributed by atoms with Crippen molar-refractivity contribution in [1.82, 2.24) is 10.2 Å². The van der Waals surface area contributed by atoms with Crippen molar-refractivity contribution in [3.8, 4) is 0 Å². The molecule has 0 saturated carbocycles. The molecule has 3 rings (SSSR count). The first kappa shape index (κ1) is 19.1. The summed E-state index contributed by atoms with van der Waals surface area (Å²) in [5.74, 6) is 0. The van der Waals surface area contributed by atoms with Gasteiger partial charge in [0.1, 0.15) is 0 Å². The van der Waals surface area contributed by atoms with Crippen molar-refractivity contribution >= 4 is 29.0 Å². The second-order valence-corrected chi connectivity index (χ2v) is 6.83. The van der Waals surface area contributed by atoms with Gasteiger partial charge in [-0.25, -0.2) is 4.79 Å². The predicted molar refractivity (Wildman–Crippen MR) is 105 cm³/mol. The first-order chi connectivity index (χ1) is 13.0. The molecule has 1 saturated heterocycles. The summed E-state index contributed by atoms with van der Waals surface area (Å²) in [6, 6.07) is 13.1. The second-order valence-electron chi connectivity index (χ2n) is 6.42. The molecule has 7 nitrogen and oxygen atoms in total. The summed E-state index contributed by atoms with van der Waals surface area (Å²) < 4.78 is 0. The van der Waals surface area contributed by atoms with Gasteiger partial charge in [-0.05, 0) is 43.6 Å². The van der Waals surface area contributed by atoms with E-state index in [2.05, 4.69) is 15.5 Å². The first-order valence-electron chi connectivity index (χ1n) is 8.82. The second kappa shape index (κ2) is 8.83. The highest BCUT2D eigenvalue weighted by Gasteiger charge is 2.25. The Bertz CT molecular complexity index is 824. The number of hydrogen-bond donors (Lipinski definition) is 2. The number of likely N-dealkylation sites (tertiary alicyclic amines) is 1. The number of hydrogen-bond acceptors (Lipinski definition) is 4. The van der Waals surface area contributed by atoms with Crippen LogP contribution in [0.2, 0.25) is 5.02 Å². The minimum absolute atomic E-state index is 0.0166. The van der Waals surface area contributed by atoms with E-state index >= 15 is 0 Å². The zero-order valence-electron chi connectivity index (χ0n) is 14.7. The van der Waals surface area contributed by atoms with E-state index in [4.69, 9.17) is 11.6 Å². The Hall–Kier alpha value is -2.64. The van der Waals surface area contributed by atoms with Crippen molar-refractivity contribution in [2.24, 2.45) is 0 Å². The lowest BCUT2D eigenvalue weighted by Crippen LogP contribution is -2.38. The molecule has 2 amide bonds. The third kappa shape index (κ3) is 4.96. The smallest absolute Gasteiger partial charge is 0.319 e. The summed E-state index contributed by atoms with van der Waals surface area (Å²) in [5, 5.41) is 17.0. The molecule has 1 aliphatic rings. The van der Waals surface area contributed by atoms with Crippen LogP contribution in [0.1, 0.15) is 24.4 Å². The molecule has 27 heavy (non-hydrogen) atoms. The molecule has 142 valence electrons. The van der Waals surface area contributed by atoms with E-state index in [1.165, 1.54) is 18.2 Å². The average molecular weight is 389 g/mol. The number of halogens is 1. The van der Waals surface area contributed by atoms with Crippen LogP contribution in [0, 0.1) is 10.1 Å². The highest BCUT2D eigenvalue weighted by molar-refractivity contribution is 6.31. The normalized spacial score (nSPS) is 15.3. The fourth-order valence-electron chi connectivity index (χ4n) is 3.30. The molecular weight excluding hydrogens is 368 g/mol. The topological polar surface area (TPSA) is 87.5 Å². The molecule has 1 fully saturated rings. The Morgan fingerprint density at radius 3 is 2.63 bits per heavy atom. The number of carbonyl (C=O) groups is 1. The van der Waals surface area contributed by atoms with Crippen LogP contribution < -0.4 is 10.6 Å². The average Bonchev–Trinajstić information content (AvgIpc) is 3.18. The van der Waals surface area contributed by atoms with E-state index in [1.807, 2.05) is 24.3 Å². The third-order valence-corrected chi connectivity index (χ3v) is 4.96. The van der Waals surface area contributed by atoms with Gasteiger partial charge in [0.15, 0.2) is 0 Å².